The van der Waals surface area contributed by atoms with Crippen molar-refractivity contribution in [1.82, 2.24) is 10.2 Å². The molecule has 0 saturated carbocycles. The Morgan fingerprint density at radius 2 is 1.93 bits per heavy atom. The van der Waals surface area contributed by atoms with Crippen LogP contribution in [-0.4, -0.2) is 23.9 Å². The Kier molecular flexibility index (Phi) is 6.55. The molecule has 1 atom stereocenters. The predicted octanol–water partition coefficient (Wildman–Crippen LogP) is 4.11. The van der Waals surface area contributed by atoms with Crippen molar-refractivity contribution in [3.8, 4) is 6.07 Å². The maximum Gasteiger partial charge on any atom is 0.416 e. The molecular formula is C22H22F3N3O. The molecule has 0 aliphatic carbocycles. The highest BCUT2D eigenvalue weighted by atomic mass is 19.4. The zero-order chi connectivity index (χ0) is 20.9. The Bertz CT molecular complexity index is 887. The highest BCUT2D eigenvalue weighted by Gasteiger charge is 2.30. The van der Waals surface area contributed by atoms with Crippen molar-refractivity contribution in [2.24, 2.45) is 5.92 Å². The van der Waals surface area contributed by atoms with Crippen LogP contribution in [0.2, 0.25) is 0 Å². The van der Waals surface area contributed by atoms with Crippen molar-refractivity contribution < 1.29 is 18.0 Å². The number of hydrogen-bond acceptors (Lipinski definition) is 3. The second-order valence-electron chi connectivity index (χ2n) is 7.30. The summed E-state index contributed by atoms with van der Waals surface area (Å²) in [5.41, 5.74) is 1.59. The first-order valence-corrected chi connectivity index (χ1v) is 9.50. The summed E-state index contributed by atoms with van der Waals surface area (Å²) in [4.78, 5) is 14.7. The number of halogens is 3. The summed E-state index contributed by atoms with van der Waals surface area (Å²) in [5.74, 6) is -0.238. The molecule has 2 aromatic rings. The lowest BCUT2D eigenvalue weighted by molar-refractivity contribution is -0.137. The fourth-order valence-corrected chi connectivity index (χ4v) is 3.56. The normalized spacial score (nSPS) is 17.5. The second-order valence-corrected chi connectivity index (χ2v) is 7.30. The van der Waals surface area contributed by atoms with Gasteiger partial charge in [-0.25, -0.2) is 0 Å². The van der Waals surface area contributed by atoms with Crippen LogP contribution in [0.15, 0.2) is 48.5 Å². The van der Waals surface area contributed by atoms with E-state index < -0.39 is 11.7 Å². The van der Waals surface area contributed by atoms with E-state index in [0.717, 1.165) is 37.1 Å². The van der Waals surface area contributed by atoms with Gasteiger partial charge in [-0.2, -0.15) is 18.4 Å². The zero-order valence-corrected chi connectivity index (χ0v) is 15.9. The van der Waals surface area contributed by atoms with Crippen LogP contribution in [0.4, 0.5) is 13.2 Å². The van der Waals surface area contributed by atoms with Crippen LogP contribution in [0, 0.1) is 17.2 Å². The van der Waals surface area contributed by atoms with Gasteiger partial charge in [-0.3, -0.25) is 9.69 Å². The molecule has 1 fully saturated rings. The minimum Gasteiger partial charge on any atom is -0.352 e. The quantitative estimate of drug-likeness (QED) is 0.821. The summed E-state index contributed by atoms with van der Waals surface area (Å²) in [6, 6.07) is 14.4. The molecule has 1 aliphatic rings. The summed E-state index contributed by atoms with van der Waals surface area (Å²) >= 11 is 0. The van der Waals surface area contributed by atoms with E-state index in [1.165, 1.54) is 12.1 Å². The van der Waals surface area contributed by atoms with E-state index in [9.17, 15) is 18.0 Å². The third-order valence-corrected chi connectivity index (χ3v) is 5.09. The molecule has 1 amide bonds. The van der Waals surface area contributed by atoms with Crippen LogP contribution in [0.5, 0.6) is 0 Å². The SMILES string of the molecule is N#Cc1cccc(CN2CCCC(C(=O)NCc3ccc(C(F)(F)F)cc3)C2)c1. The molecule has 1 heterocycles. The average molecular weight is 401 g/mol. The van der Waals surface area contributed by atoms with Crippen LogP contribution in [-0.2, 0) is 24.1 Å². The van der Waals surface area contributed by atoms with Crippen molar-refractivity contribution in [3.63, 3.8) is 0 Å². The third kappa shape index (κ3) is 5.81. The molecule has 1 saturated heterocycles. The number of piperidine rings is 1. The third-order valence-electron chi connectivity index (χ3n) is 5.09. The van der Waals surface area contributed by atoms with E-state index in [4.69, 9.17) is 5.26 Å². The van der Waals surface area contributed by atoms with Crippen molar-refractivity contribution >= 4 is 5.91 Å². The molecule has 7 heteroatoms. The average Bonchev–Trinajstić information content (AvgIpc) is 2.72. The number of carbonyl (C=O) groups is 1. The second kappa shape index (κ2) is 9.10. The van der Waals surface area contributed by atoms with Crippen LogP contribution in [0.3, 0.4) is 0 Å². The minimum absolute atomic E-state index is 0.0830. The first-order valence-electron chi connectivity index (χ1n) is 9.50. The van der Waals surface area contributed by atoms with Gasteiger partial charge in [0.25, 0.3) is 0 Å². The molecule has 2 aromatic carbocycles. The molecule has 29 heavy (non-hydrogen) atoms. The first kappa shape index (κ1) is 20.9. The standard InChI is InChI=1S/C22H22F3N3O/c23-22(24,25)20-8-6-16(7-9-20)13-27-21(29)19-5-2-10-28(15-19)14-18-4-1-3-17(11-18)12-26/h1,3-4,6-9,11,19H,2,5,10,13-15H2,(H,27,29). The van der Waals surface area contributed by atoms with E-state index >= 15 is 0 Å². The van der Waals surface area contributed by atoms with E-state index in [1.807, 2.05) is 18.2 Å². The number of nitrogens with one attached hydrogen (secondary N) is 1. The molecule has 152 valence electrons. The Hall–Kier alpha value is -2.85. The number of carbonyl (C=O) groups excluding carboxylic acids is 1. The molecule has 1 aliphatic heterocycles. The summed E-state index contributed by atoms with van der Waals surface area (Å²) < 4.78 is 37.9. The van der Waals surface area contributed by atoms with Gasteiger partial charge in [-0.05, 0) is 54.8 Å². The summed E-state index contributed by atoms with van der Waals surface area (Å²) in [6.45, 7) is 2.39. The molecule has 0 bridgehead atoms. The molecule has 0 spiro atoms. The molecule has 0 aromatic heterocycles. The maximum absolute atomic E-state index is 12.6. The molecule has 1 N–H and O–H groups in total. The van der Waals surface area contributed by atoms with Crippen molar-refractivity contribution in [1.29, 1.82) is 5.26 Å². The first-order chi connectivity index (χ1) is 13.8. The van der Waals surface area contributed by atoms with Crippen molar-refractivity contribution in [3.05, 3.63) is 70.8 Å². The van der Waals surface area contributed by atoms with Crippen molar-refractivity contribution in [2.75, 3.05) is 13.1 Å². The smallest absolute Gasteiger partial charge is 0.352 e. The molecule has 0 radical (unpaired) electrons. The van der Waals surface area contributed by atoms with Gasteiger partial charge in [-0.15, -0.1) is 0 Å². The van der Waals surface area contributed by atoms with Crippen LogP contribution < -0.4 is 5.32 Å². The van der Waals surface area contributed by atoms with Gasteiger partial charge in [0.2, 0.25) is 5.91 Å². The summed E-state index contributed by atoms with van der Waals surface area (Å²) in [5, 5.41) is 11.9. The van der Waals surface area contributed by atoms with Gasteiger partial charge < -0.3 is 5.32 Å². The molecule has 3 rings (SSSR count). The van der Waals surface area contributed by atoms with Crippen molar-refractivity contribution in [2.45, 2.75) is 32.1 Å². The molecule has 1 unspecified atom stereocenters. The number of benzene rings is 2. The maximum atomic E-state index is 12.6. The van der Waals surface area contributed by atoms with E-state index in [0.29, 0.717) is 24.2 Å². The topological polar surface area (TPSA) is 56.1 Å². The number of amides is 1. The highest BCUT2D eigenvalue weighted by molar-refractivity contribution is 5.79. The van der Waals surface area contributed by atoms with Crippen LogP contribution >= 0.6 is 0 Å². The van der Waals surface area contributed by atoms with E-state index in [1.54, 1.807) is 6.07 Å². The number of nitriles is 1. The molecule has 4 nitrogen and oxygen atoms in total. The minimum atomic E-state index is -4.36. The highest BCUT2D eigenvalue weighted by Crippen LogP contribution is 2.29. The lowest BCUT2D eigenvalue weighted by Crippen LogP contribution is -2.42. The van der Waals surface area contributed by atoms with E-state index in [2.05, 4.69) is 16.3 Å². The lowest BCUT2D eigenvalue weighted by Gasteiger charge is -2.32. The number of rotatable bonds is 5. The Morgan fingerprint density at radius 1 is 1.17 bits per heavy atom. The monoisotopic (exact) mass is 401 g/mol. The zero-order valence-electron chi connectivity index (χ0n) is 15.9. The van der Waals surface area contributed by atoms with Gasteiger partial charge in [0.1, 0.15) is 0 Å². The summed E-state index contributed by atoms with van der Waals surface area (Å²) in [7, 11) is 0. The fraction of sp³-hybridized carbons (Fsp3) is 0.364. The Labute approximate surface area is 167 Å². The van der Waals surface area contributed by atoms with Gasteiger partial charge in [-0.1, -0.05) is 24.3 Å². The fourth-order valence-electron chi connectivity index (χ4n) is 3.56. The van der Waals surface area contributed by atoms with Crippen LogP contribution in [0.25, 0.3) is 0 Å². The molecular weight excluding hydrogens is 379 g/mol. The number of nitrogens with zero attached hydrogens (tertiary/aromatic N) is 2. The summed E-state index contributed by atoms with van der Waals surface area (Å²) in [6.07, 6.45) is -2.68. The van der Waals surface area contributed by atoms with Gasteiger partial charge in [0, 0.05) is 19.6 Å². The van der Waals surface area contributed by atoms with Crippen LogP contribution in [0.1, 0.15) is 35.1 Å². The number of likely N-dealkylation sites (tertiary alicyclic amines) is 1. The Morgan fingerprint density at radius 3 is 2.62 bits per heavy atom. The van der Waals surface area contributed by atoms with Gasteiger partial charge in [0.05, 0.1) is 23.1 Å². The van der Waals surface area contributed by atoms with Gasteiger partial charge >= 0.3 is 6.18 Å². The van der Waals surface area contributed by atoms with Gasteiger partial charge in [0.15, 0.2) is 0 Å². The largest absolute Gasteiger partial charge is 0.416 e. The Balaban J connectivity index is 1.52. The predicted molar refractivity (Wildman–Crippen MR) is 102 cm³/mol. The number of hydrogen-bond donors (Lipinski definition) is 1. The van der Waals surface area contributed by atoms with E-state index in [-0.39, 0.29) is 18.4 Å². The lowest BCUT2D eigenvalue weighted by atomic mass is 9.96. The number of alkyl halides is 3.